The molecule has 0 radical (unpaired) electrons. The van der Waals surface area contributed by atoms with Crippen molar-refractivity contribution in [2.75, 3.05) is 12.8 Å². The van der Waals surface area contributed by atoms with E-state index in [2.05, 4.69) is 10.3 Å². The molecular weight excluding hydrogens is 290 g/mol. The third-order valence-corrected chi connectivity index (χ3v) is 4.07. The maximum atomic E-state index is 12.3. The zero-order valence-electron chi connectivity index (χ0n) is 13.2. The Labute approximate surface area is 135 Å². The Balaban J connectivity index is 1.66. The summed E-state index contributed by atoms with van der Waals surface area (Å²) in [4.78, 5) is 16.5. The molecule has 1 amide bonds. The molecule has 0 bridgehead atoms. The lowest BCUT2D eigenvalue weighted by Gasteiger charge is -2.19. The van der Waals surface area contributed by atoms with E-state index in [1.807, 2.05) is 24.3 Å². The van der Waals surface area contributed by atoms with Gasteiger partial charge in [0.25, 0.3) is 0 Å². The highest BCUT2D eigenvalue weighted by Gasteiger charge is 2.33. The second-order valence-electron chi connectivity index (χ2n) is 5.92. The zero-order chi connectivity index (χ0) is 16.2. The van der Waals surface area contributed by atoms with Gasteiger partial charge >= 0.3 is 0 Å². The Hall–Kier alpha value is -2.56. The highest BCUT2D eigenvalue weighted by Crippen LogP contribution is 2.41. The van der Waals surface area contributed by atoms with Crippen LogP contribution in [0.3, 0.4) is 0 Å². The fourth-order valence-corrected chi connectivity index (χ4v) is 2.64. The van der Waals surface area contributed by atoms with Crippen molar-refractivity contribution in [1.82, 2.24) is 10.3 Å². The number of nitrogens with zero attached hydrogens (tertiary/aromatic N) is 1. The predicted molar refractivity (Wildman–Crippen MR) is 89.0 cm³/mol. The third-order valence-electron chi connectivity index (χ3n) is 4.07. The molecule has 1 aliphatic carbocycles. The highest BCUT2D eigenvalue weighted by atomic mass is 16.5. The number of amides is 1. The summed E-state index contributed by atoms with van der Waals surface area (Å²) < 4.78 is 5.19. The molecule has 2 aromatic rings. The molecule has 3 N–H and O–H groups in total. The fraction of sp³-hybridized carbons (Fsp3) is 0.333. The van der Waals surface area contributed by atoms with Crippen LogP contribution in [0.15, 0.2) is 42.6 Å². The summed E-state index contributed by atoms with van der Waals surface area (Å²) in [5.41, 5.74) is 8.05. The Kier molecular flexibility index (Phi) is 4.46. The number of carbonyl (C=O) groups is 1. The number of rotatable bonds is 6. The molecule has 1 aliphatic rings. The van der Waals surface area contributed by atoms with E-state index in [0.29, 0.717) is 11.6 Å². The normalized spacial score (nSPS) is 15.0. The summed E-state index contributed by atoms with van der Waals surface area (Å²) >= 11 is 0. The Bertz CT molecular complexity index is 664. The van der Waals surface area contributed by atoms with Gasteiger partial charge in [-0.3, -0.25) is 9.78 Å². The van der Waals surface area contributed by atoms with Crippen LogP contribution < -0.4 is 15.8 Å². The van der Waals surface area contributed by atoms with Crippen LogP contribution in [0.4, 0.5) is 5.69 Å². The van der Waals surface area contributed by atoms with Gasteiger partial charge in [-0.05, 0) is 48.6 Å². The standard InChI is InChI=1S/C18H21N3O2/c1-23-16-8-4-13(5-9-16)18(12-2-3-12)21-17(22)10-15-7-6-14(19)11-20-15/h4-9,11-12,18H,2-3,10,19H2,1H3,(H,21,22). The van der Waals surface area contributed by atoms with Crippen molar-refractivity contribution >= 4 is 11.6 Å². The van der Waals surface area contributed by atoms with E-state index in [1.54, 1.807) is 25.4 Å². The van der Waals surface area contributed by atoms with E-state index in [9.17, 15) is 4.79 Å². The van der Waals surface area contributed by atoms with Gasteiger partial charge in [0.05, 0.1) is 31.5 Å². The van der Waals surface area contributed by atoms with Crippen molar-refractivity contribution < 1.29 is 9.53 Å². The molecule has 1 unspecified atom stereocenters. The van der Waals surface area contributed by atoms with Crippen molar-refractivity contribution in [2.24, 2.45) is 5.92 Å². The van der Waals surface area contributed by atoms with Gasteiger partial charge in [0.1, 0.15) is 5.75 Å². The van der Waals surface area contributed by atoms with Crippen LogP contribution in [-0.2, 0) is 11.2 Å². The summed E-state index contributed by atoms with van der Waals surface area (Å²) in [6.07, 6.45) is 4.14. The number of nitrogens with two attached hydrogens (primary N) is 1. The van der Waals surface area contributed by atoms with Gasteiger partial charge < -0.3 is 15.8 Å². The van der Waals surface area contributed by atoms with E-state index in [1.165, 1.54) is 0 Å². The fourth-order valence-electron chi connectivity index (χ4n) is 2.64. The topological polar surface area (TPSA) is 77.2 Å². The van der Waals surface area contributed by atoms with Crippen LogP contribution in [-0.4, -0.2) is 18.0 Å². The first kappa shape index (κ1) is 15.3. The number of nitrogens with one attached hydrogen (secondary N) is 1. The van der Waals surface area contributed by atoms with Crippen LogP contribution in [0.1, 0.15) is 30.1 Å². The Morgan fingerprint density at radius 2 is 2.04 bits per heavy atom. The first-order valence-electron chi connectivity index (χ1n) is 7.79. The first-order chi connectivity index (χ1) is 11.2. The largest absolute Gasteiger partial charge is 0.497 e. The molecule has 1 atom stereocenters. The molecule has 1 fully saturated rings. The number of anilines is 1. The number of hydrogen-bond donors (Lipinski definition) is 2. The second-order valence-corrected chi connectivity index (χ2v) is 5.92. The number of benzene rings is 1. The third kappa shape index (κ3) is 4.00. The average Bonchev–Trinajstić information content (AvgIpc) is 3.40. The first-order valence-corrected chi connectivity index (χ1v) is 7.79. The number of carbonyl (C=O) groups excluding carboxylic acids is 1. The second kappa shape index (κ2) is 6.69. The predicted octanol–water partition coefficient (Wildman–Crippen LogP) is 2.48. The van der Waals surface area contributed by atoms with Gasteiger partial charge in [0.15, 0.2) is 0 Å². The van der Waals surface area contributed by atoms with E-state index >= 15 is 0 Å². The highest BCUT2D eigenvalue weighted by molar-refractivity contribution is 5.78. The van der Waals surface area contributed by atoms with Crippen LogP contribution in [0.5, 0.6) is 5.75 Å². The maximum Gasteiger partial charge on any atom is 0.226 e. The lowest BCUT2D eigenvalue weighted by atomic mass is 10.0. The van der Waals surface area contributed by atoms with Gasteiger partial charge in [-0.1, -0.05) is 12.1 Å². The van der Waals surface area contributed by atoms with E-state index in [-0.39, 0.29) is 18.4 Å². The maximum absolute atomic E-state index is 12.3. The van der Waals surface area contributed by atoms with Crippen LogP contribution in [0.2, 0.25) is 0 Å². The van der Waals surface area contributed by atoms with Crippen molar-refractivity contribution in [3.8, 4) is 5.75 Å². The lowest BCUT2D eigenvalue weighted by Crippen LogP contribution is -2.31. The smallest absolute Gasteiger partial charge is 0.226 e. The molecule has 0 saturated heterocycles. The van der Waals surface area contributed by atoms with Crippen molar-refractivity contribution in [3.05, 3.63) is 53.9 Å². The van der Waals surface area contributed by atoms with Crippen molar-refractivity contribution in [1.29, 1.82) is 0 Å². The van der Waals surface area contributed by atoms with Gasteiger partial charge in [0, 0.05) is 5.69 Å². The molecule has 5 nitrogen and oxygen atoms in total. The van der Waals surface area contributed by atoms with Crippen molar-refractivity contribution in [3.63, 3.8) is 0 Å². The molecule has 1 heterocycles. The number of aromatic nitrogens is 1. The molecule has 5 heteroatoms. The van der Waals surface area contributed by atoms with Crippen LogP contribution in [0.25, 0.3) is 0 Å². The van der Waals surface area contributed by atoms with Gasteiger partial charge in [-0.2, -0.15) is 0 Å². The molecule has 0 aliphatic heterocycles. The minimum atomic E-state index is -0.0185. The molecule has 1 saturated carbocycles. The van der Waals surface area contributed by atoms with Gasteiger partial charge in [-0.25, -0.2) is 0 Å². The summed E-state index contributed by atoms with van der Waals surface area (Å²) in [5, 5.41) is 3.14. The summed E-state index contributed by atoms with van der Waals surface area (Å²) in [6, 6.07) is 11.5. The molecule has 1 aromatic carbocycles. The Morgan fingerprint density at radius 3 is 2.61 bits per heavy atom. The van der Waals surface area contributed by atoms with Crippen molar-refractivity contribution in [2.45, 2.75) is 25.3 Å². The molecule has 23 heavy (non-hydrogen) atoms. The summed E-state index contributed by atoms with van der Waals surface area (Å²) in [7, 11) is 1.65. The monoisotopic (exact) mass is 311 g/mol. The number of hydrogen-bond acceptors (Lipinski definition) is 4. The van der Waals surface area contributed by atoms with E-state index in [4.69, 9.17) is 10.5 Å². The van der Waals surface area contributed by atoms with E-state index < -0.39 is 0 Å². The number of nitrogen functional groups attached to an aromatic ring is 1. The zero-order valence-corrected chi connectivity index (χ0v) is 13.2. The van der Waals surface area contributed by atoms with Gasteiger partial charge in [0.2, 0.25) is 5.91 Å². The quantitative estimate of drug-likeness (QED) is 0.859. The lowest BCUT2D eigenvalue weighted by molar-refractivity contribution is -0.121. The minimum absolute atomic E-state index is 0.0185. The van der Waals surface area contributed by atoms with Crippen LogP contribution >= 0.6 is 0 Å². The minimum Gasteiger partial charge on any atom is -0.497 e. The molecule has 1 aromatic heterocycles. The number of methoxy groups -OCH3 is 1. The molecule has 3 rings (SSSR count). The summed E-state index contributed by atoms with van der Waals surface area (Å²) in [5.74, 6) is 1.32. The SMILES string of the molecule is COc1ccc(C(NC(=O)Cc2ccc(N)cn2)C2CC2)cc1. The average molecular weight is 311 g/mol. The van der Waals surface area contributed by atoms with E-state index in [0.717, 1.165) is 29.8 Å². The Morgan fingerprint density at radius 1 is 1.30 bits per heavy atom. The number of pyridine rings is 1. The molecular formula is C18H21N3O2. The van der Waals surface area contributed by atoms with Crippen LogP contribution in [0, 0.1) is 5.92 Å². The van der Waals surface area contributed by atoms with Gasteiger partial charge in [-0.15, -0.1) is 0 Å². The number of ether oxygens (including phenoxy) is 1. The molecule has 0 spiro atoms. The molecule has 120 valence electrons. The summed E-state index contributed by atoms with van der Waals surface area (Å²) in [6.45, 7) is 0.